The summed E-state index contributed by atoms with van der Waals surface area (Å²) in [6.07, 6.45) is 2.31. The summed E-state index contributed by atoms with van der Waals surface area (Å²) in [6, 6.07) is 19.2. The number of ether oxygens (including phenoxy) is 2. The van der Waals surface area contributed by atoms with Gasteiger partial charge in [0, 0.05) is 16.0 Å². The molecule has 0 radical (unpaired) electrons. The number of nitrogens with zero attached hydrogens (tertiary/aromatic N) is 1. The van der Waals surface area contributed by atoms with Gasteiger partial charge in [-0.3, -0.25) is 10.1 Å². The van der Waals surface area contributed by atoms with Gasteiger partial charge in [-0.2, -0.15) is 4.37 Å². The first-order chi connectivity index (χ1) is 16.5. The average molecular weight is 493 g/mol. The Kier molecular flexibility index (Phi) is 5.98. The highest BCUT2D eigenvalue weighted by molar-refractivity contribution is 7.13. The van der Waals surface area contributed by atoms with Crippen LogP contribution in [0.2, 0.25) is 5.02 Å². The van der Waals surface area contributed by atoms with Crippen LogP contribution in [0.5, 0.6) is 0 Å². The van der Waals surface area contributed by atoms with E-state index in [1.807, 2.05) is 54.6 Å². The Labute approximate surface area is 205 Å². The molecule has 0 spiro atoms. The van der Waals surface area contributed by atoms with Gasteiger partial charge in [-0.15, -0.1) is 0 Å². The number of hydrogen-bond acceptors (Lipinski definition) is 6. The lowest BCUT2D eigenvalue weighted by atomic mass is 10.00. The van der Waals surface area contributed by atoms with Gasteiger partial charge in [-0.1, -0.05) is 54.1 Å². The summed E-state index contributed by atoms with van der Waals surface area (Å²) >= 11 is 7.59. The number of hydrogen-bond donors (Lipinski definition) is 1. The van der Waals surface area contributed by atoms with Crippen molar-refractivity contribution in [2.24, 2.45) is 0 Å². The standard InChI is InChI=1S/C26H21ClN2O4S/c1-16(20-4-2-3-5-22(20)27)33-25(31)29-23-12-18(13-24-21(23)14-28-34-24)17-6-8-19(9-7-17)26(10-11-26)32-15-30/h2-9,12-16H,10-11H2,1H3,(H,29,31). The number of aromatic nitrogens is 1. The third-order valence-electron chi connectivity index (χ3n) is 6.06. The molecule has 1 amide bonds. The van der Waals surface area contributed by atoms with Crippen LogP contribution in [0.4, 0.5) is 10.5 Å². The average Bonchev–Trinajstić information content (AvgIpc) is 3.45. The van der Waals surface area contributed by atoms with Crippen LogP contribution in [0.25, 0.3) is 21.2 Å². The van der Waals surface area contributed by atoms with Crippen molar-refractivity contribution in [2.75, 3.05) is 5.32 Å². The van der Waals surface area contributed by atoms with Crippen molar-refractivity contribution < 1.29 is 19.1 Å². The Morgan fingerprint density at radius 2 is 1.91 bits per heavy atom. The molecule has 6 nitrogen and oxygen atoms in total. The first-order valence-electron chi connectivity index (χ1n) is 10.8. The van der Waals surface area contributed by atoms with Gasteiger partial charge in [-0.05, 0) is 66.2 Å². The van der Waals surface area contributed by atoms with Gasteiger partial charge in [0.05, 0.1) is 16.6 Å². The number of carbonyl (C=O) groups is 2. The summed E-state index contributed by atoms with van der Waals surface area (Å²) in [5.41, 5.74) is 3.77. The first kappa shape index (κ1) is 22.4. The molecule has 0 saturated heterocycles. The van der Waals surface area contributed by atoms with Crippen LogP contribution in [0, 0.1) is 0 Å². The Hall–Kier alpha value is -3.42. The lowest BCUT2D eigenvalue weighted by Gasteiger charge is -2.16. The quantitative estimate of drug-likeness (QED) is 0.279. The van der Waals surface area contributed by atoms with Crippen molar-refractivity contribution >= 4 is 51.5 Å². The molecule has 172 valence electrons. The van der Waals surface area contributed by atoms with Gasteiger partial charge in [0.25, 0.3) is 6.47 Å². The van der Waals surface area contributed by atoms with Gasteiger partial charge in [-0.25, -0.2) is 4.79 Å². The smallest absolute Gasteiger partial charge is 0.412 e. The maximum Gasteiger partial charge on any atom is 0.412 e. The van der Waals surface area contributed by atoms with E-state index in [2.05, 4.69) is 9.69 Å². The highest BCUT2D eigenvalue weighted by atomic mass is 35.5. The van der Waals surface area contributed by atoms with Crippen molar-refractivity contribution in [3.8, 4) is 11.1 Å². The predicted molar refractivity (Wildman–Crippen MR) is 133 cm³/mol. The molecule has 4 aromatic rings. The van der Waals surface area contributed by atoms with Crippen LogP contribution >= 0.6 is 23.1 Å². The van der Waals surface area contributed by atoms with E-state index in [1.165, 1.54) is 11.5 Å². The van der Waals surface area contributed by atoms with Gasteiger partial charge < -0.3 is 9.47 Å². The Bertz CT molecular complexity index is 1370. The summed E-state index contributed by atoms with van der Waals surface area (Å²) < 4.78 is 16.1. The number of amides is 1. The van der Waals surface area contributed by atoms with Gasteiger partial charge in [0.2, 0.25) is 0 Å². The molecular weight excluding hydrogens is 472 g/mol. The van der Waals surface area contributed by atoms with Crippen LogP contribution in [0.15, 0.2) is 66.9 Å². The highest BCUT2D eigenvalue weighted by Crippen LogP contribution is 2.49. The fourth-order valence-electron chi connectivity index (χ4n) is 4.06. The SMILES string of the molecule is CC(OC(=O)Nc1cc(-c2ccc(C3(OC=O)CC3)cc2)cc2sncc12)c1ccccc1Cl. The maximum absolute atomic E-state index is 12.7. The number of carbonyl (C=O) groups excluding carboxylic acids is 2. The molecule has 1 unspecified atom stereocenters. The maximum atomic E-state index is 12.7. The third-order valence-corrected chi connectivity index (χ3v) is 7.15. The normalized spacial score (nSPS) is 14.9. The zero-order valence-corrected chi connectivity index (χ0v) is 19.9. The van der Waals surface area contributed by atoms with Crippen molar-refractivity contribution in [2.45, 2.75) is 31.5 Å². The van der Waals surface area contributed by atoms with Gasteiger partial charge in [0.1, 0.15) is 11.7 Å². The number of rotatable bonds is 7. The molecule has 1 fully saturated rings. The molecule has 1 heterocycles. The monoisotopic (exact) mass is 492 g/mol. The Morgan fingerprint density at radius 3 is 2.62 bits per heavy atom. The second-order valence-corrected chi connectivity index (χ2v) is 9.48. The predicted octanol–water partition coefficient (Wildman–Crippen LogP) is 7.09. The fraction of sp³-hybridized carbons (Fsp3) is 0.192. The van der Waals surface area contributed by atoms with E-state index >= 15 is 0 Å². The molecule has 1 aliphatic carbocycles. The van der Waals surface area contributed by atoms with E-state index in [1.54, 1.807) is 19.2 Å². The van der Waals surface area contributed by atoms with Crippen LogP contribution in [0.3, 0.4) is 0 Å². The number of anilines is 1. The van der Waals surface area contributed by atoms with E-state index in [9.17, 15) is 9.59 Å². The molecule has 0 bridgehead atoms. The second-order valence-electron chi connectivity index (χ2n) is 8.24. The highest BCUT2D eigenvalue weighted by Gasteiger charge is 2.46. The number of fused-ring (bicyclic) bond motifs is 1. The summed E-state index contributed by atoms with van der Waals surface area (Å²) in [5, 5.41) is 4.25. The Morgan fingerprint density at radius 1 is 1.15 bits per heavy atom. The molecule has 1 aromatic heterocycles. The van der Waals surface area contributed by atoms with Crippen LogP contribution in [-0.2, 0) is 19.9 Å². The lowest BCUT2D eigenvalue weighted by Crippen LogP contribution is -2.16. The molecule has 0 aliphatic heterocycles. The number of nitrogens with one attached hydrogen (secondary N) is 1. The third kappa shape index (κ3) is 4.36. The van der Waals surface area contributed by atoms with Crippen LogP contribution in [0.1, 0.15) is 37.0 Å². The number of halogens is 1. The summed E-state index contributed by atoms with van der Waals surface area (Å²) in [4.78, 5) is 23.5. The molecule has 1 atom stereocenters. The molecule has 1 N–H and O–H groups in total. The molecule has 3 aromatic carbocycles. The molecule has 8 heteroatoms. The summed E-state index contributed by atoms with van der Waals surface area (Å²) in [7, 11) is 0. The van der Waals surface area contributed by atoms with Gasteiger partial charge in [0.15, 0.2) is 0 Å². The molecular formula is C26H21ClN2O4S. The fourth-order valence-corrected chi connectivity index (χ4v) is 5.06. The zero-order valence-electron chi connectivity index (χ0n) is 18.3. The Balaban J connectivity index is 1.38. The summed E-state index contributed by atoms with van der Waals surface area (Å²) in [5.74, 6) is 0. The van der Waals surface area contributed by atoms with Crippen molar-refractivity contribution in [1.29, 1.82) is 0 Å². The van der Waals surface area contributed by atoms with Crippen molar-refractivity contribution in [3.05, 3.63) is 83.0 Å². The minimum absolute atomic E-state index is 0.475. The minimum atomic E-state index is -0.575. The van der Waals surface area contributed by atoms with Crippen molar-refractivity contribution in [3.63, 3.8) is 0 Å². The second kappa shape index (κ2) is 9.08. The minimum Gasteiger partial charge on any atom is -0.456 e. The van der Waals surface area contributed by atoms with E-state index in [0.717, 1.165) is 45.2 Å². The lowest BCUT2D eigenvalue weighted by molar-refractivity contribution is -0.136. The van der Waals surface area contributed by atoms with E-state index in [0.29, 0.717) is 17.2 Å². The topological polar surface area (TPSA) is 77.5 Å². The molecule has 34 heavy (non-hydrogen) atoms. The largest absolute Gasteiger partial charge is 0.456 e. The van der Waals surface area contributed by atoms with E-state index in [4.69, 9.17) is 21.1 Å². The van der Waals surface area contributed by atoms with Gasteiger partial charge >= 0.3 is 6.09 Å². The first-order valence-corrected chi connectivity index (χ1v) is 12.0. The van der Waals surface area contributed by atoms with Crippen LogP contribution in [-0.4, -0.2) is 16.9 Å². The zero-order chi connectivity index (χ0) is 23.7. The van der Waals surface area contributed by atoms with E-state index in [-0.39, 0.29) is 0 Å². The van der Waals surface area contributed by atoms with Crippen LogP contribution < -0.4 is 5.32 Å². The molecule has 5 rings (SSSR count). The summed E-state index contributed by atoms with van der Waals surface area (Å²) in [6.45, 7) is 2.30. The molecule has 1 saturated carbocycles. The van der Waals surface area contributed by atoms with E-state index < -0.39 is 17.8 Å². The number of benzene rings is 3. The molecule has 1 aliphatic rings. The van der Waals surface area contributed by atoms with Crippen molar-refractivity contribution in [1.82, 2.24) is 4.37 Å².